The van der Waals surface area contributed by atoms with Crippen LogP contribution in [0.25, 0.3) is 0 Å². The fourth-order valence-electron chi connectivity index (χ4n) is 0.167. The van der Waals surface area contributed by atoms with Crippen LogP contribution in [-0.2, 0) is 4.79 Å². The van der Waals surface area contributed by atoms with Gasteiger partial charge in [0.1, 0.15) is 6.29 Å². The molecule has 0 rings (SSSR count). The SMILES string of the molecule is C[C](C)CC=O. The maximum Gasteiger partial charge on any atom is 0.120 e. The molecule has 0 fully saturated rings. The van der Waals surface area contributed by atoms with Crippen molar-refractivity contribution in [2.24, 2.45) is 0 Å². The van der Waals surface area contributed by atoms with Gasteiger partial charge in [-0.1, -0.05) is 13.8 Å². The molecule has 0 N–H and O–H groups in total. The average molecular weight is 85.1 g/mol. The van der Waals surface area contributed by atoms with E-state index in [2.05, 4.69) is 0 Å². The van der Waals surface area contributed by atoms with Crippen LogP contribution in [0, 0.1) is 5.92 Å². The monoisotopic (exact) mass is 85.1 g/mol. The van der Waals surface area contributed by atoms with Crippen LogP contribution in [0.5, 0.6) is 0 Å². The van der Waals surface area contributed by atoms with Crippen molar-refractivity contribution in [3.8, 4) is 0 Å². The molecule has 0 unspecified atom stereocenters. The highest BCUT2D eigenvalue weighted by atomic mass is 16.1. The predicted octanol–water partition coefficient (Wildman–Crippen LogP) is 1.19. The van der Waals surface area contributed by atoms with E-state index in [9.17, 15) is 4.79 Å². The molecule has 0 atom stereocenters. The molecular weight excluding hydrogens is 76.1 g/mol. The molecule has 0 amide bonds. The topological polar surface area (TPSA) is 17.1 Å². The fourth-order valence-corrected chi connectivity index (χ4v) is 0.167. The van der Waals surface area contributed by atoms with Gasteiger partial charge in [0.05, 0.1) is 0 Å². The Morgan fingerprint density at radius 2 is 2.17 bits per heavy atom. The van der Waals surface area contributed by atoms with Gasteiger partial charge < -0.3 is 4.79 Å². The first-order valence-corrected chi connectivity index (χ1v) is 2.00. The molecule has 0 spiro atoms. The predicted molar refractivity (Wildman–Crippen MR) is 25.3 cm³/mol. The lowest BCUT2D eigenvalue weighted by atomic mass is 10.2. The second kappa shape index (κ2) is 2.88. The Labute approximate surface area is 38.4 Å². The second-order valence-corrected chi connectivity index (χ2v) is 1.58. The van der Waals surface area contributed by atoms with Crippen molar-refractivity contribution in [1.29, 1.82) is 0 Å². The smallest absolute Gasteiger partial charge is 0.120 e. The minimum absolute atomic E-state index is 0.611. The molecule has 0 aliphatic heterocycles. The van der Waals surface area contributed by atoms with Gasteiger partial charge in [-0.2, -0.15) is 0 Å². The molecule has 0 saturated heterocycles. The summed E-state index contributed by atoms with van der Waals surface area (Å²) in [5, 5.41) is 0. The normalized spacial score (nSPS) is 9.17. The van der Waals surface area contributed by atoms with Gasteiger partial charge >= 0.3 is 0 Å². The summed E-state index contributed by atoms with van der Waals surface area (Å²) in [6, 6.07) is 0. The summed E-state index contributed by atoms with van der Waals surface area (Å²) in [5.74, 6) is 1.17. The maximum atomic E-state index is 9.59. The summed E-state index contributed by atoms with van der Waals surface area (Å²) >= 11 is 0. The van der Waals surface area contributed by atoms with Gasteiger partial charge in [0.15, 0.2) is 0 Å². The fraction of sp³-hybridized carbons (Fsp3) is 0.600. The molecule has 35 valence electrons. The van der Waals surface area contributed by atoms with Gasteiger partial charge in [-0.3, -0.25) is 0 Å². The largest absolute Gasteiger partial charge is 0.303 e. The van der Waals surface area contributed by atoms with E-state index in [1.165, 1.54) is 5.92 Å². The molecular formula is C5H9O. The van der Waals surface area contributed by atoms with Gasteiger partial charge in [0.25, 0.3) is 0 Å². The van der Waals surface area contributed by atoms with Gasteiger partial charge in [-0.15, -0.1) is 0 Å². The van der Waals surface area contributed by atoms with E-state index < -0.39 is 0 Å². The third kappa shape index (κ3) is 3.67. The average Bonchev–Trinajstić information content (AvgIpc) is 1.35. The van der Waals surface area contributed by atoms with E-state index in [1.807, 2.05) is 13.8 Å². The molecule has 1 radical (unpaired) electrons. The molecule has 0 aliphatic carbocycles. The van der Waals surface area contributed by atoms with E-state index in [0.29, 0.717) is 6.42 Å². The quantitative estimate of drug-likeness (QED) is 0.460. The molecule has 0 heterocycles. The lowest BCUT2D eigenvalue weighted by Gasteiger charge is -1.88. The number of aldehydes is 1. The number of carbonyl (C=O) groups excluding carboxylic acids is 1. The lowest BCUT2D eigenvalue weighted by Crippen LogP contribution is -1.81. The van der Waals surface area contributed by atoms with Crippen molar-refractivity contribution in [1.82, 2.24) is 0 Å². The van der Waals surface area contributed by atoms with Gasteiger partial charge in [-0.25, -0.2) is 0 Å². The van der Waals surface area contributed by atoms with Crippen LogP contribution < -0.4 is 0 Å². The summed E-state index contributed by atoms with van der Waals surface area (Å²) < 4.78 is 0. The molecule has 1 nitrogen and oxygen atoms in total. The van der Waals surface area contributed by atoms with E-state index in [-0.39, 0.29) is 0 Å². The molecule has 0 aliphatic rings. The van der Waals surface area contributed by atoms with Crippen molar-refractivity contribution in [3.63, 3.8) is 0 Å². The van der Waals surface area contributed by atoms with Crippen LogP contribution >= 0.6 is 0 Å². The molecule has 0 aromatic rings. The number of rotatable bonds is 2. The Morgan fingerprint density at radius 3 is 2.17 bits per heavy atom. The van der Waals surface area contributed by atoms with E-state index in [1.54, 1.807) is 0 Å². The van der Waals surface area contributed by atoms with Crippen molar-refractivity contribution in [3.05, 3.63) is 5.92 Å². The third-order valence-electron chi connectivity index (χ3n) is 0.492. The van der Waals surface area contributed by atoms with Crippen LogP contribution in [0.3, 0.4) is 0 Å². The zero-order valence-electron chi connectivity index (χ0n) is 4.19. The highest BCUT2D eigenvalue weighted by molar-refractivity contribution is 5.52. The second-order valence-electron chi connectivity index (χ2n) is 1.58. The van der Waals surface area contributed by atoms with Crippen LogP contribution in [0.15, 0.2) is 0 Å². The molecule has 0 saturated carbocycles. The Morgan fingerprint density at radius 1 is 1.67 bits per heavy atom. The Bertz CT molecular complexity index is 39.2. The van der Waals surface area contributed by atoms with Crippen molar-refractivity contribution < 1.29 is 4.79 Å². The third-order valence-corrected chi connectivity index (χ3v) is 0.492. The van der Waals surface area contributed by atoms with Crippen LogP contribution in [0.4, 0.5) is 0 Å². The van der Waals surface area contributed by atoms with Gasteiger partial charge in [-0.05, 0) is 5.92 Å². The highest BCUT2D eigenvalue weighted by Gasteiger charge is 1.86. The van der Waals surface area contributed by atoms with E-state index in [4.69, 9.17) is 0 Å². The zero-order valence-corrected chi connectivity index (χ0v) is 4.19. The minimum atomic E-state index is 0.611. The number of hydrogen-bond donors (Lipinski definition) is 0. The molecule has 0 bridgehead atoms. The first-order valence-electron chi connectivity index (χ1n) is 2.00. The Balaban J connectivity index is 2.81. The van der Waals surface area contributed by atoms with Gasteiger partial charge in [0.2, 0.25) is 0 Å². The first-order chi connectivity index (χ1) is 2.77. The lowest BCUT2D eigenvalue weighted by molar-refractivity contribution is -0.107. The van der Waals surface area contributed by atoms with Crippen LogP contribution in [0.2, 0.25) is 0 Å². The standard InChI is InChI=1S/C5H9O/c1-5(2)3-4-6/h4H,3H2,1-2H3. The first kappa shape index (κ1) is 5.67. The summed E-state index contributed by atoms with van der Waals surface area (Å²) in [6.07, 6.45) is 1.52. The van der Waals surface area contributed by atoms with E-state index >= 15 is 0 Å². The highest BCUT2D eigenvalue weighted by Crippen LogP contribution is 1.95. The number of hydrogen-bond acceptors (Lipinski definition) is 1. The van der Waals surface area contributed by atoms with Crippen molar-refractivity contribution in [2.75, 3.05) is 0 Å². The molecule has 0 aromatic heterocycles. The van der Waals surface area contributed by atoms with Crippen molar-refractivity contribution in [2.45, 2.75) is 20.3 Å². The Kier molecular flexibility index (Phi) is 2.73. The van der Waals surface area contributed by atoms with Crippen LogP contribution in [-0.4, -0.2) is 6.29 Å². The van der Waals surface area contributed by atoms with Gasteiger partial charge in [0, 0.05) is 6.42 Å². The summed E-state index contributed by atoms with van der Waals surface area (Å²) in [6.45, 7) is 3.88. The van der Waals surface area contributed by atoms with E-state index in [0.717, 1.165) is 6.29 Å². The summed E-state index contributed by atoms with van der Waals surface area (Å²) in [5.41, 5.74) is 0. The molecule has 6 heavy (non-hydrogen) atoms. The maximum absolute atomic E-state index is 9.59. The molecule has 1 heteroatoms. The molecule has 0 aromatic carbocycles. The zero-order chi connectivity index (χ0) is 4.99. The summed E-state index contributed by atoms with van der Waals surface area (Å²) in [4.78, 5) is 9.59. The van der Waals surface area contributed by atoms with Crippen molar-refractivity contribution >= 4 is 6.29 Å². The summed E-state index contributed by atoms with van der Waals surface area (Å²) in [7, 11) is 0. The minimum Gasteiger partial charge on any atom is -0.303 e. The van der Waals surface area contributed by atoms with Crippen LogP contribution in [0.1, 0.15) is 20.3 Å². The number of carbonyl (C=O) groups is 1. The Hall–Kier alpha value is -0.330.